The largest absolute Gasteiger partial charge is 0.488 e. The van der Waals surface area contributed by atoms with Crippen LogP contribution in [0.4, 0.5) is 5.69 Å². The van der Waals surface area contributed by atoms with E-state index in [2.05, 4.69) is 5.32 Å². The number of hydrogen-bond acceptors (Lipinski definition) is 4. The smallest absolute Gasteiger partial charge is 0.220 e. The quantitative estimate of drug-likeness (QED) is 0.710. The highest BCUT2D eigenvalue weighted by Gasteiger charge is 2.19. The van der Waals surface area contributed by atoms with Gasteiger partial charge in [0.15, 0.2) is 0 Å². The molecule has 27 heavy (non-hydrogen) atoms. The SMILES string of the molecule is Cc1ccc(CNC(=O)CCc2ccccc2N)c(OC2CCOC2)c1.Cl. The second-order valence-electron chi connectivity index (χ2n) is 6.69. The molecule has 0 saturated carbocycles. The molecule has 1 fully saturated rings. The van der Waals surface area contributed by atoms with Crippen molar-refractivity contribution < 1.29 is 14.3 Å². The summed E-state index contributed by atoms with van der Waals surface area (Å²) in [7, 11) is 0. The van der Waals surface area contributed by atoms with Crippen molar-refractivity contribution in [1.29, 1.82) is 0 Å². The van der Waals surface area contributed by atoms with E-state index in [0.717, 1.165) is 41.2 Å². The summed E-state index contributed by atoms with van der Waals surface area (Å²) < 4.78 is 11.4. The van der Waals surface area contributed by atoms with E-state index in [1.807, 2.05) is 49.4 Å². The number of carbonyl (C=O) groups is 1. The summed E-state index contributed by atoms with van der Waals surface area (Å²) in [6.07, 6.45) is 2.03. The van der Waals surface area contributed by atoms with Gasteiger partial charge in [0.2, 0.25) is 5.91 Å². The van der Waals surface area contributed by atoms with Crippen LogP contribution in [0.3, 0.4) is 0 Å². The molecule has 2 aromatic rings. The van der Waals surface area contributed by atoms with E-state index < -0.39 is 0 Å². The zero-order valence-corrected chi connectivity index (χ0v) is 16.4. The van der Waals surface area contributed by atoms with Crippen LogP contribution in [0, 0.1) is 6.92 Å². The Labute approximate surface area is 166 Å². The van der Waals surface area contributed by atoms with Gasteiger partial charge in [0.25, 0.3) is 0 Å². The molecular formula is C21H27ClN2O3. The molecule has 1 atom stereocenters. The predicted octanol–water partition coefficient (Wildman–Crippen LogP) is 3.42. The van der Waals surface area contributed by atoms with Crippen LogP contribution in [0.2, 0.25) is 0 Å². The van der Waals surface area contributed by atoms with Gasteiger partial charge in [-0.2, -0.15) is 0 Å². The van der Waals surface area contributed by atoms with Crippen LogP contribution in [0.25, 0.3) is 0 Å². The Kier molecular flexibility index (Phi) is 7.95. The van der Waals surface area contributed by atoms with Crippen LogP contribution < -0.4 is 15.8 Å². The molecule has 3 N–H and O–H groups in total. The number of carbonyl (C=O) groups excluding carboxylic acids is 1. The first-order valence-electron chi connectivity index (χ1n) is 9.06. The van der Waals surface area contributed by atoms with E-state index in [1.165, 1.54) is 0 Å². The highest BCUT2D eigenvalue weighted by Crippen LogP contribution is 2.24. The van der Waals surface area contributed by atoms with Gasteiger partial charge in [0.1, 0.15) is 11.9 Å². The lowest BCUT2D eigenvalue weighted by molar-refractivity contribution is -0.121. The summed E-state index contributed by atoms with van der Waals surface area (Å²) in [5, 5.41) is 2.98. The van der Waals surface area contributed by atoms with E-state index in [-0.39, 0.29) is 24.4 Å². The van der Waals surface area contributed by atoms with Gasteiger partial charge >= 0.3 is 0 Å². The Hall–Kier alpha value is -2.24. The number of amides is 1. The van der Waals surface area contributed by atoms with E-state index in [0.29, 0.717) is 26.0 Å². The van der Waals surface area contributed by atoms with E-state index in [4.69, 9.17) is 15.2 Å². The van der Waals surface area contributed by atoms with Crippen molar-refractivity contribution in [3.05, 3.63) is 59.2 Å². The molecule has 146 valence electrons. The lowest BCUT2D eigenvalue weighted by Gasteiger charge is -2.17. The van der Waals surface area contributed by atoms with Crippen molar-refractivity contribution in [3.63, 3.8) is 0 Å². The monoisotopic (exact) mass is 390 g/mol. The number of nitrogens with two attached hydrogens (primary N) is 1. The van der Waals surface area contributed by atoms with Crippen molar-refractivity contribution >= 4 is 24.0 Å². The van der Waals surface area contributed by atoms with Crippen molar-refractivity contribution in [2.24, 2.45) is 0 Å². The molecule has 1 aliphatic rings. The second kappa shape index (κ2) is 10.2. The Morgan fingerprint density at radius 2 is 2.07 bits per heavy atom. The van der Waals surface area contributed by atoms with Gasteiger partial charge in [0.05, 0.1) is 13.2 Å². The average Bonchev–Trinajstić information content (AvgIpc) is 3.13. The summed E-state index contributed by atoms with van der Waals surface area (Å²) in [5.74, 6) is 0.831. The van der Waals surface area contributed by atoms with Crippen LogP contribution >= 0.6 is 12.4 Å². The van der Waals surface area contributed by atoms with Crippen LogP contribution in [-0.4, -0.2) is 25.2 Å². The molecule has 1 unspecified atom stereocenters. The van der Waals surface area contributed by atoms with E-state index >= 15 is 0 Å². The normalized spacial score (nSPS) is 15.8. The zero-order valence-electron chi connectivity index (χ0n) is 15.6. The molecule has 0 aromatic heterocycles. The number of nitrogen functional groups attached to an aromatic ring is 1. The van der Waals surface area contributed by atoms with Crippen molar-refractivity contribution in [1.82, 2.24) is 5.32 Å². The van der Waals surface area contributed by atoms with Gasteiger partial charge in [-0.3, -0.25) is 4.79 Å². The van der Waals surface area contributed by atoms with Gasteiger partial charge in [-0.25, -0.2) is 0 Å². The van der Waals surface area contributed by atoms with Gasteiger partial charge in [-0.1, -0.05) is 30.3 Å². The summed E-state index contributed by atoms with van der Waals surface area (Å²) >= 11 is 0. The minimum absolute atomic E-state index is 0. The molecule has 1 heterocycles. The highest BCUT2D eigenvalue weighted by atomic mass is 35.5. The maximum absolute atomic E-state index is 12.2. The number of benzene rings is 2. The average molecular weight is 391 g/mol. The molecule has 1 aliphatic heterocycles. The van der Waals surface area contributed by atoms with Gasteiger partial charge < -0.3 is 20.5 Å². The Morgan fingerprint density at radius 1 is 1.26 bits per heavy atom. The fourth-order valence-corrected chi connectivity index (χ4v) is 3.00. The topological polar surface area (TPSA) is 73.6 Å². The molecule has 0 bridgehead atoms. The van der Waals surface area contributed by atoms with Gasteiger partial charge in [0, 0.05) is 30.6 Å². The highest BCUT2D eigenvalue weighted by molar-refractivity contribution is 5.85. The van der Waals surface area contributed by atoms with Crippen LogP contribution in [0.1, 0.15) is 29.5 Å². The number of hydrogen-bond donors (Lipinski definition) is 2. The van der Waals surface area contributed by atoms with Gasteiger partial charge in [-0.05, 0) is 36.6 Å². The molecule has 0 radical (unpaired) electrons. The third kappa shape index (κ3) is 6.15. The van der Waals surface area contributed by atoms with Crippen molar-refractivity contribution in [2.75, 3.05) is 18.9 Å². The van der Waals surface area contributed by atoms with E-state index in [9.17, 15) is 4.79 Å². The fraction of sp³-hybridized carbons (Fsp3) is 0.381. The van der Waals surface area contributed by atoms with E-state index in [1.54, 1.807) is 0 Å². The maximum atomic E-state index is 12.2. The summed E-state index contributed by atoms with van der Waals surface area (Å²) in [6.45, 7) is 3.85. The Bertz CT molecular complexity index is 761. The first-order valence-corrected chi connectivity index (χ1v) is 9.06. The van der Waals surface area contributed by atoms with Crippen LogP contribution in [0.15, 0.2) is 42.5 Å². The number of nitrogens with one attached hydrogen (secondary N) is 1. The van der Waals surface area contributed by atoms with Gasteiger partial charge in [-0.15, -0.1) is 12.4 Å². The molecule has 0 aliphatic carbocycles. The number of ether oxygens (including phenoxy) is 2. The maximum Gasteiger partial charge on any atom is 0.220 e. The third-order valence-corrected chi connectivity index (χ3v) is 4.56. The molecule has 3 rings (SSSR count). The molecule has 1 amide bonds. The standard InChI is InChI=1S/C21H26N2O3.ClH/c1-15-6-7-17(20(12-15)26-18-10-11-25-14-18)13-23-21(24)9-8-16-4-2-3-5-19(16)22;/h2-7,12,18H,8-11,13-14,22H2,1H3,(H,23,24);1H. The predicted molar refractivity (Wildman–Crippen MR) is 109 cm³/mol. The van der Waals surface area contributed by atoms with Crippen molar-refractivity contribution in [3.8, 4) is 5.75 Å². The molecular weight excluding hydrogens is 364 g/mol. The lowest BCUT2D eigenvalue weighted by atomic mass is 10.1. The summed E-state index contributed by atoms with van der Waals surface area (Å²) in [4.78, 5) is 12.2. The minimum Gasteiger partial charge on any atom is -0.488 e. The number of halogens is 1. The Balaban J connectivity index is 0.00000261. The number of para-hydroxylation sites is 1. The number of rotatable bonds is 7. The molecule has 5 nitrogen and oxygen atoms in total. The number of anilines is 1. The molecule has 2 aromatic carbocycles. The summed E-state index contributed by atoms with van der Waals surface area (Å²) in [5.41, 5.74) is 9.77. The van der Waals surface area contributed by atoms with Crippen molar-refractivity contribution in [2.45, 2.75) is 38.8 Å². The van der Waals surface area contributed by atoms with Crippen LogP contribution in [0.5, 0.6) is 5.75 Å². The zero-order chi connectivity index (χ0) is 18.4. The fourth-order valence-electron chi connectivity index (χ4n) is 3.00. The Morgan fingerprint density at radius 3 is 2.81 bits per heavy atom. The third-order valence-electron chi connectivity index (χ3n) is 4.56. The minimum atomic E-state index is 0. The number of aryl methyl sites for hydroxylation is 2. The molecule has 1 saturated heterocycles. The first kappa shape index (κ1) is 21.1. The first-order chi connectivity index (χ1) is 12.6. The summed E-state index contributed by atoms with van der Waals surface area (Å²) in [6, 6.07) is 13.7. The van der Waals surface area contributed by atoms with Crippen LogP contribution in [-0.2, 0) is 22.5 Å². The molecule has 0 spiro atoms. The second-order valence-corrected chi connectivity index (χ2v) is 6.69. The molecule has 6 heteroatoms. The lowest BCUT2D eigenvalue weighted by Crippen LogP contribution is -2.24.